The van der Waals surface area contributed by atoms with Crippen molar-refractivity contribution < 1.29 is 33.1 Å². The number of carbonyl (C=O) groups is 4. The van der Waals surface area contributed by atoms with Crippen LogP contribution in [-0.4, -0.2) is 92.4 Å². The Kier molecular flexibility index (Phi) is 17.7. The number of piperidine rings is 1. The summed E-state index contributed by atoms with van der Waals surface area (Å²) in [6, 6.07) is 1.20. The zero-order valence-corrected chi connectivity index (χ0v) is 33.0. The van der Waals surface area contributed by atoms with Gasteiger partial charge in [0, 0.05) is 17.8 Å². The maximum Gasteiger partial charge on any atom is 0.357 e. The van der Waals surface area contributed by atoms with E-state index in [4.69, 9.17) is 13.9 Å². The van der Waals surface area contributed by atoms with Gasteiger partial charge in [0.25, 0.3) is 0 Å². The van der Waals surface area contributed by atoms with Gasteiger partial charge in [-0.3, -0.25) is 19.3 Å². The first-order valence-electron chi connectivity index (χ1n) is 18.0. The number of likely N-dealkylation sites (tertiary alicyclic amines) is 1. The van der Waals surface area contributed by atoms with Crippen molar-refractivity contribution in [1.29, 1.82) is 0 Å². The van der Waals surface area contributed by atoms with Gasteiger partial charge in [-0.15, -0.1) is 11.3 Å². The predicted molar refractivity (Wildman–Crippen MR) is 192 cm³/mol. The standard InChI is InChI=1S/C35H62N4O7SSi/c1-11-18-30(40)45-23-39(34(42)31(25(8)12-2)37-32(41)27-19-16-17-20-38(27)9)28(24(6)7)21-29(46-48(13-3,14-4)15-5)33-36-26(22-47-33)35(43)44-10/h22,24-25,27-29,31H,11-21,23H2,1-10H3,(H,37,41)/t25-,27+,28+,29?,31?/m0/s1. The summed E-state index contributed by atoms with van der Waals surface area (Å²) in [7, 11) is 1.09. The minimum Gasteiger partial charge on any atom is -0.464 e. The first kappa shape index (κ1) is 41.8. The van der Waals surface area contributed by atoms with Gasteiger partial charge in [0.1, 0.15) is 11.0 Å². The van der Waals surface area contributed by atoms with E-state index < -0.39 is 32.5 Å². The van der Waals surface area contributed by atoms with E-state index in [0.717, 1.165) is 43.9 Å². The number of hydrogen-bond donors (Lipinski definition) is 1. The van der Waals surface area contributed by atoms with E-state index in [1.807, 2.05) is 41.7 Å². The van der Waals surface area contributed by atoms with Gasteiger partial charge in [-0.25, -0.2) is 9.78 Å². The molecule has 1 N–H and O–H groups in total. The molecule has 1 aliphatic heterocycles. The Morgan fingerprint density at radius 1 is 1.08 bits per heavy atom. The summed E-state index contributed by atoms with van der Waals surface area (Å²) >= 11 is 1.35. The van der Waals surface area contributed by atoms with Crippen LogP contribution in [0, 0.1) is 11.8 Å². The zero-order chi connectivity index (χ0) is 36.0. The molecule has 0 aliphatic carbocycles. The Hall–Kier alpha value is -2.35. The molecule has 274 valence electrons. The van der Waals surface area contributed by atoms with Crippen LogP contribution >= 0.6 is 11.3 Å². The first-order valence-corrected chi connectivity index (χ1v) is 21.4. The van der Waals surface area contributed by atoms with Crippen molar-refractivity contribution in [2.75, 3.05) is 27.4 Å². The number of hydrogen-bond acceptors (Lipinski definition) is 10. The van der Waals surface area contributed by atoms with E-state index in [2.05, 4.69) is 36.0 Å². The summed E-state index contributed by atoms with van der Waals surface area (Å²) in [6.07, 6.45) is 4.18. The number of aromatic nitrogens is 1. The molecule has 0 bridgehead atoms. The van der Waals surface area contributed by atoms with Crippen molar-refractivity contribution in [3.63, 3.8) is 0 Å². The third kappa shape index (κ3) is 11.3. The van der Waals surface area contributed by atoms with Crippen molar-refractivity contribution >= 4 is 43.4 Å². The number of methoxy groups -OCH3 is 1. The maximum absolute atomic E-state index is 14.8. The molecule has 1 aliphatic rings. The summed E-state index contributed by atoms with van der Waals surface area (Å²) in [4.78, 5) is 61.8. The Balaban J connectivity index is 2.60. The van der Waals surface area contributed by atoms with Crippen LogP contribution in [0.15, 0.2) is 5.38 Å². The fraction of sp³-hybridized carbons (Fsp3) is 0.800. The monoisotopic (exact) mass is 710 g/mol. The van der Waals surface area contributed by atoms with Crippen LogP contribution in [0.2, 0.25) is 18.1 Å². The largest absolute Gasteiger partial charge is 0.464 e. The molecule has 13 heteroatoms. The molecule has 1 saturated heterocycles. The van der Waals surface area contributed by atoms with Crippen molar-refractivity contribution in [3.05, 3.63) is 16.1 Å². The second-order valence-corrected chi connectivity index (χ2v) is 19.1. The van der Waals surface area contributed by atoms with Crippen LogP contribution < -0.4 is 5.32 Å². The van der Waals surface area contributed by atoms with Gasteiger partial charge in [0.2, 0.25) is 11.8 Å². The second kappa shape index (κ2) is 20.4. The van der Waals surface area contributed by atoms with Crippen LogP contribution in [0.3, 0.4) is 0 Å². The summed E-state index contributed by atoms with van der Waals surface area (Å²) in [5.74, 6) is -1.55. The fourth-order valence-corrected chi connectivity index (χ4v) is 10.1. The molecule has 5 atom stereocenters. The van der Waals surface area contributed by atoms with E-state index in [1.165, 1.54) is 18.4 Å². The van der Waals surface area contributed by atoms with Crippen LogP contribution in [-0.2, 0) is 28.3 Å². The average Bonchev–Trinajstić information content (AvgIpc) is 3.58. The minimum absolute atomic E-state index is 0.0660. The van der Waals surface area contributed by atoms with Gasteiger partial charge < -0.3 is 24.1 Å². The average molecular weight is 711 g/mol. The highest BCUT2D eigenvalue weighted by Crippen LogP contribution is 2.37. The lowest BCUT2D eigenvalue weighted by molar-refractivity contribution is -0.159. The summed E-state index contributed by atoms with van der Waals surface area (Å²) < 4.78 is 17.7. The molecule has 1 aromatic heterocycles. The molecule has 0 radical (unpaired) electrons. The molecule has 48 heavy (non-hydrogen) atoms. The lowest BCUT2D eigenvalue weighted by Gasteiger charge is -2.41. The Morgan fingerprint density at radius 3 is 2.29 bits per heavy atom. The molecule has 1 aromatic rings. The van der Waals surface area contributed by atoms with Crippen molar-refractivity contribution in [3.8, 4) is 0 Å². The van der Waals surface area contributed by atoms with Crippen molar-refractivity contribution in [2.45, 2.75) is 143 Å². The molecular formula is C35H62N4O7SSi. The molecule has 0 aromatic carbocycles. The number of nitrogens with zero attached hydrogens (tertiary/aromatic N) is 3. The number of likely N-dealkylation sites (N-methyl/N-ethyl adjacent to an activating group) is 1. The highest BCUT2D eigenvalue weighted by molar-refractivity contribution is 7.09. The highest BCUT2D eigenvalue weighted by Gasteiger charge is 2.41. The number of esters is 2. The van der Waals surface area contributed by atoms with Crippen molar-refractivity contribution in [1.82, 2.24) is 20.1 Å². The van der Waals surface area contributed by atoms with E-state index in [1.54, 1.807) is 10.3 Å². The summed E-state index contributed by atoms with van der Waals surface area (Å²) in [5.41, 5.74) is 0.220. The van der Waals surface area contributed by atoms with E-state index in [9.17, 15) is 19.2 Å². The smallest absolute Gasteiger partial charge is 0.357 e. The van der Waals surface area contributed by atoms with Crippen LogP contribution in [0.1, 0.15) is 122 Å². The van der Waals surface area contributed by atoms with Gasteiger partial charge in [0.05, 0.1) is 19.3 Å². The topological polar surface area (TPSA) is 127 Å². The third-order valence-corrected chi connectivity index (χ3v) is 15.7. The molecule has 2 heterocycles. The van der Waals surface area contributed by atoms with Gasteiger partial charge >= 0.3 is 11.9 Å². The van der Waals surface area contributed by atoms with Gasteiger partial charge in [-0.2, -0.15) is 0 Å². The molecular weight excluding hydrogens is 649 g/mol. The number of nitrogens with one attached hydrogen (secondary N) is 1. The summed E-state index contributed by atoms with van der Waals surface area (Å²) in [5, 5.41) is 5.46. The maximum atomic E-state index is 14.8. The minimum atomic E-state index is -2.19. The Labute approximate surface area is 294 Å². The van der Waals surface area contributed by atoms with Crippen LogP contribution in [0.5, 0.6) is 0 Å². The second-order valence-electron chi connectivity index (χ2n) is 13.5. The molecule has 2 amide bonds. The number of carbonyl (C=O) groups excluding carboxylic acids is 4. The van der Waals surface area contributed by atoms with Gasteiger partial charge in [-0.1, -0.05) is 68.2 Å². The molecule has 1 fully saturated rings. The Bertz CT molecular complexity index is 1170. The Morgan fingerprint density at radius 2 is 1.75 bits per heavy atom. The lowest BCUT2D eigenvalue weighted by atomic mass is 9.92. The fourth-order valence-electron chi connectivity index (χ4n) is 6.37. The SMILES string of the molecule is CCCC(=O)OCN(C(=O)C(NC(=O)[C@H]1CCCCN1C)[C@@H](C)CC)[C@H](CC(O[Si](CC)(CC)CC)c1nc(C(=O)OC)cs1)C(C)C. The van der Waals surface area contributed by atoms with Crippen LogP contribution in [0.4, 0.5) is 0 Å². The molecule has 11 nitrogen and oxygen atoms in total. The first-order chi connectivity index (χ1) is 22.8. The number of thiazole rings is 1. The molecule has 2 rings (SSSR count). The zero-order valence-electron chi connectivity index (χ0n) is 31.1. The van der Waals surface area contributed by atoms with Gasteiger partial charge in [0.15, 0.2) is 20.7 Å². The predicted octanol–water partition coefficient (Wildman–Crippen LogP) is 6.55. The normalized spacial score (nSPS) is 18.1. The lowest BCUT2D eigenvalue weighted by Crippen LogP contribution is -2.59. The molecule has 0 spiro atoms. The highest BCUT2D eigenvalue weighted by atomic mass is 32.1. The number of amides is 2. The molecule has 0 saturated carbocycles. The van der Waals surface area contributed by atoms with E-state index in [-0.39, 0.29) is 54.5 Å². The number of rotatable bonds is 20. The quantitative estimate of drug-likeness (QED) is 0.0911. The summed E-state index contributed by atoms with van der Waals surface area (Å²) in [6.45, 7) is 17.0. The van der Waals surface area contributed by atoms with E-state index >= 15 is 0 Å². The van der Waals surface area contributed by atoms with Crippen molar-refractivity contribution in [2.24, 2.45) is 11.8 Å². The third-order valence-electron chi connectivity index (χ3n) is 10.1. The van der Waals surface area contributed by atoms with E-state index in [0.29, 0.717) is 24.3 Å². The van der Waals surface area contributed by atoms with Crippen LogP contribution in [0.25, 0.3) is 0 Å². The number of ether oxygens (including phenoxy) is 2. The van der Waals surface area contributed by atoms with Gasteiger partial charge in [-0.05, 0) is 69.2 Å². The molecule has 2 unspecified atom stereocenters.